The van der Waals surface area contributed by atoms with Gasteiger partial charge in [-0.1, -0.05) is 18.2 Å². The molecule has 0 aliphatic carbocycles. The maximum Gasteiger partial charge on any atom is 0.0850 e. The van der Waals surface area contributed by atoms with Crippen LogP contribution in [0.1, 0.15) is 5.56 Å². The number of hydrogen-bond donors (Lipinski definition) is 1. The Morgan fingerprint density at radius 2 is 2.18 bits per heavy atom. The summed E-state index contributed by atoms with van der Waals surface area (Å²) < 4.78 is 5.11. The van der Waals surface area contributed by atoms with E-state index in [0.717, 1.165) is 18.7 Å². The molecule has 0 spiro atoms. The molecule has 0 bridgehead atoms. The van der Waals surface area contributed by atoms with Crippen LogP contribution in [0, 0.1) is 0 Å². The summed E-state index contributed by atoms with van der Waals surface area (Å²) >= 11 is 0. The summed E-state index contributed by atoms with van der Waals surface area (Å²) in [5, 5.41) is 0. The van der Waals surface area contributed by atoms with Crippen LogP contribution in [0.4, 0.5) is 5.69 Å². The lowest BCUT2D eigenvalue weighted by atomic mass is 10.1. The van der Waals surface area contributed by atoms with Crippen LogP contribution in [-0.4, -0.2) is 12.7 Å². The molecule has 2 heteroatoms. The van der Waals surface area contributed by atoms with Crippen molar-refractivity contribution in [3.05, 3.63) is 29.8 Å². The van der Waals surface area contributed by atoms with Gasteiger partial charge in [0.15, 0.2) is 0 Å². The highest BCUT2D eigenvalue weighted by molar-refractivity contribution is 5.46. The minimum Gasteiger partial charge on any atom is -0.399 e. The molecular weight excluding hydrogens is 138 g/mol. The van der Waals surface area contributed by atoms with Crippen LogP contribution in [0.5, 0.6) is 0 Å². The number of ether oxygens (including phenoxy) is 1. The molecule has 2 nitrogen and oxygen atoms in total. The molecule has 0 radical (unpaired) electrons. The van der Waals surface area contributed by atoms with Crippen LogP contribution in [0.25, 0.3) is 0 Å². The molecule has 0 aromatic heterocycles. The monoisotopic (exact) mass is 149 g/mol. The number of epoxide rings is 1. The maximum absolute atomic E-state index is 5.74. The lowest BCUT2D eigenvalue weighted by Crippen LogP contribution is -1.97. The van der Waals surface area contributed by atoms with E-state index >= 15 is 0 Å². The van der Waals surface area contributed by atoms with Crippen LogP contribution in [0.3, 0.4) is 0 Å². The van der Waals surface area contributed by atoms with E-state index in [1.807, 2.05) is 18.2 Å². The predicted molar refractivity (Wildman–Crippen MR) is 44.3 cm³/mol. The third-order valence-electron chi connectivity index (χ3n) is 1.91. The minimum atomic E-state index is 0.430. The third-order valence-corrected chi connectivity index (χ3v) is 1.91. The molecule has 0 amide bonds. The second-order valence-electron chi connectivity index (χ2n) is 2.86. The largest absolute Gasteiger partial charge is 0.399 e. The van der Waals surface area contributed by atoms with E-state index in [0.29, 0.717) is 6.10 Å². The van der Waals surface area contributed by atoms with Crippen molar-refractivity contribution in [3.8, 4) is 0 Å². The van der Waals surface area contributed by atoms with Crippen molar-refractivity contribution in [2.24, 2.45) is 0 Å². The van der Waals surface area contributed by atoms with Crippen molar-refractivity contribution < 1.29 is 4.74 Å². The molecule has 2 rings (SSSR count). The zero-order chi connectivity index (χ0) is 7.68. The van der Waals surface area contributed by atoms with E-state index in [1.54, 1.807) is 0 Å². The van der Waals surface area contributed by atoms with Gasteiger partial charge in [0.05, 0.1) is 12.7 Å². The first kappa shape index (κ1) is 6.68. The first-order valence-electron chi connectivity index (χ1n) is 3.81. The quantitative estimate of drug-likeness (QED) is 0.507. The maximum atomic E-state index is 5.74. The molecule has 1 saturated heterocycles. The number of rotatable bonds is 2. The Labute approximate surface area is 66.0 Å². The SMILES string of the molecule is Nc1ccccc1CC1CO1. The summed E-state index contributed by atoms with van der Waals surface area (Å²) in [5.41, 5.74) is 7.82. The van der Waals surface area contributed by atoms with Crippen molar-refractivity contribution in [2.75, 3.05) is 12.3 Å². The average Bonchev–Trinajstić information content (AvgIpc) is 2.78. The number of hydrogen-bond acceptors (Lipinski definition) is 2. The summed E-state index contributed by atoms with van der Waals surface area (Å²) in [6, 6.07) is 7.94. The van der Waals surface area contributed by atoms with Gasteiger partial charge in [0, 0.05) is 12.1 Å². The Morgan fingerprint density at radius 1 is 1.45 bits per heavy atom. The smallest absolute Gasteiger partial charge is 0.0850 e. The Hall–Kier alpha value is -1.02. The zero-order valence-corrected chi connectivity index (χ0v) is 6.29. The number of nitrogens with two attached hydrogens (primary N) is 1. The van der Waals surface area contributed by atoms with Gasteiger partial charge < -0.3 is 10.5 Å². The second-order valence-corrected chi connectivity index (χ2v) is 2.86. The van der Waals surface area contributed by atoms with E-state index in [9.17, 15) is 0 Å². The highest BCUT2D eigenvalue weighted by Crippen LogP contribution is 2.19. The molecular formula is C9H11NO. The molecule has 1 atom stereocenters. The van der Waals surface area contributed by atoms with Crippen molar-refractivity contribution in [2.45, 2.75) is 12.5 Å². The first-order chi connectivity index (χ1) is 5.36. The van der Waals surface area contributed by atoms with Gasteiger partial charge in [-0.25, -0.2) is 0 Å². The average molecular weight is 149 g/mol. The summed E-state index contributed by atoms with van der Waals surface area (Å²) in [6.45, 7) is 0.897. The third kappa shape index (κ3) is 1.52. The van der Waals surface area contributed by atoms with Crippen LogP contribution in [-0.2, 0) is 11.2 Å². The van der Waals surface area contributed by atoms with Crippen molar-refractivity contribution >= 4 is 5.69 Å². The molecule has 58 valence electrons. The Bertz CT molecular complexity index is 255. The molecule has 0 saturated carbocycles. The number of nitrogen functional groups attached to an aromatic ring is 1. The van der Waals surface area contributed by atoms with Gasteiger partial charge >= 0.3 is 0 Å². The van der Waals surface area contributed by atoms with Gasteiger partial charge in [-0.05, 0) is 11.6 Å². The fraction of sp³-hybridized carbons (Fsp3) is 0.333. The topological polar surface area (TPSA) is 38.5 Å². The van der Waals surface area contributed by atoms with Gasteiger partial charge in [-0.15, -0.1) is 0 Å². The molecule has 1 aliphatic heterocycles. The first-order valence-corrected chi connectivity index (χ1v) is 3.81. The fourth-order valence-corrected chi connectivity index (χ4v) is 1.15. The normalized spacial score (nSPS) is 21.6. The number of anilines is 1. The highest BCUT2D eigenvalue weighted by atomic mass is 16.6. The Balaban J connectivity index is 2.15. The lowest BCUT2D eigenvalue weighted by Gasteiger charge is -2.00. The van der Waals surface area contributed by atoms with Crippen molar-refractivity contribution in [1.82, 2.24) is 0 Å². The molecule has 11 heavy (non-hydrogen) atoms. The number of para-hydroxylation sites is 1. The summed E-state index contributed by atoms with van der Waals surface area (Å²) in [7, 11) is 0. The zero-order valence-electron chi connectivity index (χ0n) is 6.29. The Morgan fingerprint density at radius 3 is 2.82 bits per heavy atom. The van der Waals surface area contributed by atoms with Crippen LogP contribution in [0.2, 0.25) is 0 Å². The van der Waals surface area contributed by atoms with Crippen molar-refractivity contribution in [3.63, 3.8) is 0 Å². The Kier molecular flexibility index (Phi) is 1.55. The molecule has 1 aromatic carbocycles. The summed E-state index contributed by atoms with van der Waals surface area (Å²) in [4.78, 5) is 0. The molecule has 2 N–H and O–H groups in total. The van der Waals surface area contributed by atoms with Gasteiger partial charge in [0.25, 0.3) is 0 Å². The second kappa shape index (κ2) is 2.55. The standard InChI is InChI=1S/C9H11NO/c10-9-4-2-1-3-7(9)5-8-6-11-8/h1-4,8H,5-6,10H2. The summed E-state index contributed by atoms with van der Waals surface area (Å²) in [5.74, 6) is 0. The predicted octanol–water partition coefficient (Wildman–Crippen LogP) is 1.21. The van der Waals surface area contributed by atoms with E-state index in [-0.39, 0.29) is 0 Å². The van der Waals surface area contributed by atoms with Gasteiger partial charge in [0.2, 0.25) is 0 Å². The van der Waals surface area contributed by atoms with E-state index in [1.165, 1.54) is 5.56 Å². The molecule has 1 heterocycles. The molecule has 1 unspecified atom stereocenters. The van der Waals surface area contributed by atoms with Crippen LogP contribution < -0.4 is 5.73 Å². The van der Waals surface area contributed by atoms with Crippen LogP contribution in [0.15, 0.2) is 24.3 Å². The van der Waals surface area contributed by atoms with Gasteiger partial charge in [-0.3, -0.25) is 0 Å². The summed E-state index contributed by atoms with van der Waals surface area (Å²) in [6.07, 6.45) is 1.40. The van der Waals surface area contributed by atoms with E-state index in [2.05, 4.69) is 6.07 Å². The van der Waals surface area contributed by atoms with Crippen LogP contribution >= 0.6 is 0 Å². The van der Waals surface area contributed by atoms with Gasteiger partial charge in [-0.2, -0.15) is 0 Å². The lowest BCUT2D eigenvalue weighted by molar-refractivity contribution is 0.408. The minimum absolute atomic E-state index is 0.430. The molecule has 1 fully saturated rings. The number of benzene rings is 1. The van der Waals surface area contributed by atoms with E-state index < -0.39 is 0 Å². The molecule has 1 aliphatic rings. The fourth-order valence-electron chi connectivity index (χ4n) is 1.15. The highest BCUT2D eigenvalue weighted by Gasteiger charge is 2.22. The van der Waals surface area contributed by atoms with Gasteiger partial charge in [0.1, 0.15) is 0 Å². The van der Waals surface area contributed by atoms with Crippen molar-refractivity contribution in [1.29, 1.82) is 0 Å². The molecule has 1 aromatic rings. The van der Waals surface area contributed by atoms with E-state index in [4.69, 9.17) is 10.5 Å².